The first-order chi connectivity index (χ1) is 7.52. The van der Waals surface area contributed by atoms with E-state index < -0.39 is 0 Å². The summed E-state index contributed by atoms with van der Waals surface area (Å²) < 4.78 is 0. The van der Waals surface area contributed by atoms with Gasteiger partial charge in [0.15, 0.2) is 0 Å². The second kappa shape index (κ2) is 6.48. The minimum atomic E-state index is 0.201. The lowest BCUT2D eigenvalue weighted by Crippen LogP contribution is -2.25. The van der Waals surface area contributed by atoms with Crippen molar-refractivity contribution in [3.63, 3.8) is 0 Å². The van der Waals surface area contributed by atoms with E-state index in [1.54, 1.807) is 0 Å². The highest BCUT2D eigenvalue weighted by Gasteiger charge is 2.09. The zero-order valence-electron chi connectivity index (χ0n) is 9.84. The summed E-state index contributed by atoms with van der Waals surface area (Å²) in [4.78, 5) is 0. The van der Waals surface area contributed by atoms with Crippen LogP contribution in [0.15, 0.2) is 18.2 Å². The second-order valence-electron chi connectivity index (χ2n) is 4.46. The van der Waals surface area contributed by atoms with Gasteiger partial charge >= 0.3 is 0 Å². The van der Waals surface area contributed by atoms with Gasteiger partial charge in [0.25, 0.3) is 0 Å². The van der Waals surface area contributed by atoms with Crippen LogP contribution in [0.5, 0.6) is 0 Å². The number of nitrogens with two attached hydrogens (primary N) is 1. The van der Waals surface area contributed by atoms with Crippen LogP contribution in [-0.4, -0.2) is 6.04 Å². The van der Waals surface area contributed by atoms with E-state index in [9.17, 15) is 0 Å². The van der Waals surface area contributed by atoms with E-state index in [-0.39, 0.29) is 6.04 Å². The maximum absolute atomic E-state index is 6.09. The predicted octanol–water partition coefficient (Wildman–Crippen LogP) is 4.30. The fraction of sp³-hybridized carbons (Fsp3) is 0.538. The van der Waals surface area contributed by atoms with Crippen LogP contribution in [-0.2, 0) is 6.42 Å². The Bertz CT molecular complexity index is 339. The Morgan fingerprint density at radius 1 is 1.25 bits per heavy atom. The van der Waals surface area contributed by atoms with Crippen molar-refractivity contribution in [2.75, 3.05) is 0 Å². The van der Waals surface area contributed by atoms with E-state index in [0.29, 0.717) is 16.0 Å². The Morgan fingerprint density at radius 3 is 2.50 bits per heavy atom. The van der Waals surface area contributed by atoms with Gasteiger partial charge in [0.2, 0.25) is 0 Å². The Labute approximate surface area is 108 Å². The van der Waals surface area contributed by atoms with Crippen LogP contribution in [0.2, 0.25) is 10.0 Å². The third-order valence-corrected chi connectivity index (χ3v) is 3.62. The highest BCUT2D eigenvalue weighted by atomic mass is 35.5. The number of rotatable bonds is 5. The van der Waals surface area contributed by atoms with Gasteiger partial charge in [-0.1, -0.05) is 49.5 Å². The fourth-order valence-corrected chi connectivity index (χ4v) is 2.06. The minimum Gasteiger partial charge on any atom is -0.327 e. The summed E-state index contributed by atoms with van der Waals surface area (Å²) in [6, 6.07) is 5.92. The third kappa shape index (κ3) is 4.32. The van der Waals surface area contributed by atoms with Gasteiger partial charge in [-0.2, -0.15) is 0 Å². The van der Waals surface area contributed by atoms with Gasteiger partial charge in [0.05, 0.1) is 10.0 Å². The molecule has 0 aromatic heterocycles. The maximum Gasteiger partial charge on any atom is 0.0595 e. The molecule has 0 saturated heterocycles. The number of halogens is 2. The molecular weight excluding hydrogens is 241 g/mol. The average molecular weight is 260 g/mol. The molecule has 0 aliphatic rings. The van der Waals surface area contributed by atoms with E-state index in [1.165, 1.54) is 6.42 Å². The molecule has 1 aromatic carbocycles. The van der Waals surface area contributed by atoms with Gasteiger partial charge < -0.3 is 5.73 Å². The standard InChI is InChI=1S/C13H19Cl2N/c1-3-9(2)6-11(16)7-10-4-5-12(14)13(15)8-10/h4-5,8-9,11H,3,6-7,16H2,1-2H3. The summed E-state index contributed by atoms with van der Waals surface area (Å²) in [7, 11) is 0. The van der Waals surface area contributed by atoms with E-state index in [1.807, 2.05) is 18.2 Å². The molecule has 0 spiro atoms. The van der Waals surface area contributed by atoms with E-state index in [2.05, 4.69) is 13.8 Å². The Balaban J connectivity index is 2.56. The van der Waals surface area contributed by atoms with Gasteiger partial charge in [-0.05, 0) is 36.5 Å². The van der Waals surface area contributed by atoms with Crippen molar-refractivity contribution in [1.82, 2.24) is 0 Å². The summed E-state index contributed by atoms with van der Waals surface area (Å²) in [5, 5.41) is 1.20. The first-order valence-electron chi connectivity index (χ1n) is 5.72. The number of hydrogen-bond acceptors (Lipinski definition) is 1. The molecule has 1 rings (SSSR count). The molecule has 0 radical (unpaired) electrons. The van der Waals surface area contributed by atoms with Crippen molar-refractivity contribution in [3.05, 3.63) is 33.8 Å². The molecule has 0 aliphatic heterocycles. The quantitative estimate of drug-likeness (QED) is 0.839. The van der Waals surface area contributed by atoms with Gasteiger partial charge in [-0.15, -0.1) is 0 Å². The minimum absolute atomic E-state index is 0.201. The van der Waals surface area contributed by atoms with Crippen molar-refractivity contribution in [2.24, 2.45) is 11.7 Å². The Kier molecular flexibility index (Phi) is 5.60. The van der Waals surface area contributed by atoms with Crippen LogP contribution < -0.4 is 5.73 Å². The van der Waals surface area contributed by atoms with Crippen LogP contribution in [0, 0.1) is 5.92 Å². The van der Waals surface area contributed by atoms with Crippen molar-refractivity contribution in [3.8, 4) is 0 Å². The van der Waals surface area contributed by atoms with Crippen LogP contribution in [0.4, 0.5) is 0 Å². The highest BCUT2D eigenvalue weighted by Crippen LogP contribution is 2.23. The van der Waals surface area contributed by atoms with Crippen molar-refractivity contribution >= 4 is 23.2 Å². The average Bonchev–Trinajstić information content (AvgIpc) is 2.23. The molecule has 0 bridgehead atoms. The molecule has 3 heteroatoms. The fourth-order valence-electron chi connectivity index (χ4n) is 1.74. The monoisotopic (exact) mass is 259 g/mol. The lowest BCUT2D eigenvalue weighted by molar-refractivity contribution is 0.450. The van der Waals surface area contributed by atoms with Crippen molar-refractivity contribution in [1.29, 1.82) is 0 Å². The van der Waals surface area contributed by atoms with Crippen molar-refractivity contribution < 1.29 is 0 Å². The second-order valence-corrected chi connectivity index (χ2v) is 5.28. The SMILES string of the molecule is CCC(C)CC(N)Cc1ccc(Cl)c(Cl)c1. The Hall–Kier alpha value is -0.240. The van der Waals surface area contributed by atoms with Crippen LogP contribution in [0.25, 0.3) is 0 Å². The molecule has 90 valence electrons. The Morgan fingerprint density at radius 2 is 1.94 bits per heavy atom. The normalized spacial score (nSPS) is 14.8. The molecule has 0 aliphatic carbocycles. The summed E-state index contributed by atoms with van der Waals surface area (Å²) in [6.45, 7) is 4.42. The molecule has 1 aromatic rings. The largest absolute Gasteiger partial charge is 0.327 e. The summed E-state index contributed by atoms with van der Waals surface area (Å²) in [6.07, 6.45) is 3.09. The molecule has 0 amide bonds. The molecule has 0 saturated carbocycles. The lowest BCUT2D eigenvalue weighted by atomic mass is 9.95. The number of benzene rings is 1. The van der Waals surface area contributed by atoms with E-state index >= 15 is 0 Å². The van der Waals surface area contributed by atoms with Gasteiger partial charge in [0, 0.05) is 6.04 Å². The molecule has 2 unspecified atom stereocenters. The molecular formula is C13H19Cl2N. The summed E-state index contributed by atoms with van der Waals surface area (Å²) >= 11 is 11.8. The van der Waals surface area contributed by atoms with Crippen LogP contribution in [0.1, 0.15) is 32.3 Å². The molecule has 0 heterocycles. The zero-order valence-corrected chi connectivity index (χ0v) is 11.4. The molecule has 1 nitrogen and oxygen atoms in total. The highest BCUT2D eigenvalue weighted by molar-refractivity contribution is 6.42. The molecule has 2 N–H and O–H groups in total. The number of hydrogen-bond donors (Lipinski definition) is 1. The summed E-state index contributed by atoms with van der Waals surface area (Å²) in [5.41, 5.74) is 7.25. The first kappa shape index (κ1) is 13.8. The first-order valence-corrected chi connectivity index (χ1v) is 6.48. The van der Waals surface area contributed by atoms with Gasteiger partial charge in [-0.25, -0.2) is 0 Å². The van der Waals surface area contributed by atoms with E-state index in [4.69, 9.17) is 28.9 Å². The predicted molar refractivity (Wildman–Crippen MR) is 72.2 cm³/mol. The summed E-state index contributed by atoms with van der Waals surface area (Å²) in [5.74, 6) is 0.678. The zero-order chi connectivity index (χ0) is 12.1. The van der Waals surface area contributed by atoms with Crippen LogP contribution in [0.3, 0.4) is 0 Å². The molecule has 2 atom stereocenters. The van der Waals surface area contributed by atoms with Gasteiger partial charge in [0.1, 0.15) is 0 Å². The molecule has 16 heavy (non-hydrogen) atoms. The van der Waals surface area contributed by atoms with Crippen molar-refractivity contribution in [2.45, 2.75) is 39.2 Å². The third-order valence-electron chi connectivity index (χ3n) is 2.88. The topological polar surface area (TPSA) is 26.0 Å². The van der Waals surface area contributed by atoms with E-state index in [0.717, 1.165) is 18.4 Å². The maximum atomic E-state index is 6.09. The van der Waals surface area contributed by atoms with Gasteiger partial charge in [-0.3, -0.25) is 0 Å². The smallest absolute Gasteiger partial charge is 0.0595 e. The van der Waals surface area contributed by atoms with Crippen LogP contribution >= 0.6 is 23.2 Å². The lowest BCUT2D eigenvalue weighted by Gasteiger charge is -2.16. The molecule has 0 fully saturated rings.